The molecular weight excluding hydrogens is 364 g/mol. The van der Waals surface area contributed by atoms with E-state index in [1.54, 1.807) is 12.1 Å². The number of carbonyl (C=O) groups excluding carboxylic acids is 1. The minimum absolute atomic E-state index is 0.109. The molecule has 0 atom stereocenters. The monoisotopic (exact) mass is 388 g/mol. The molecule has 144 valence electrons. The van der Waals surface area contributed by atoms with Crippen LogP contribution < -0.4 is 9.62 Å². The van der Waals surface area contributed by atoms with Gasteiger partial charge >= 0.3 is 0 Å². The van der Waals surface area contributed by atoms with Crippen LogP contribution in [0.1, 0.15) is 22.8 Å². The number of benzene rings is 2. The summed E-state index contributed by atoms with van der Waals surface area (Å²) in [4.78, 5) is 13.8. The largest absolute Gasteiger partial charge is 0.378 e. The first-order valence-electron chi connectivity index (χ1n) is 8.98. The molecule has 1 N–H and O–H groups in total. The average molecular weight is 388 g/mol. The van der Waals surface area contributed by atoms with Crippen molar-refractivity contribution in [3.8, 4) is 0 Å². The highest BCUT2D eigenvalue weighted by Gasteiger charge is 2.15. The highest BCUT2D eigenvalue weighted by molar-refractivity contribution is 7.89. The molecule has 0 amide bonds. The lowest BCUT2D eigenvalue weighted by atomic mass is 10.1. The van der Waals surface area contributed by atoms with Gasteiger partial charge in [-0.3, -0.25) is 4.79 Å². The minimum atomic E-state index is -3.64. The van der Waals surface area contributed by atoms with Crippen LogP contribution in [0.4, 0.5) is 5.69 Å². The van der Waals surface area contributed by atoms with E-state index >= 15 is 0 Å². The lowest BCUT2D eigenvalue weighted by Gasteiger charge is -2.28. The van der Waals surface area contributed by atoms with Crippen molar-refractivity contribution in [3.05, 3.63) is 59.7 Å². The third-order valence-electron chi connectivity index (χ3n) is 4.57. The number of hydrogen-bond donors (Lipinski definition) is 1. The van der Waals surface area contributed by atoms with E-state index in [9.17, 15) is 13.2 Å². The number of sulfonamides is 1. The quantitative estimate of drug-likeness (QED) is 0.737. The summed E-state index contributed by atoms with van der Waals surface area (Å²) in [6.07, 6.45) is 0.592. The smallest absolute Gasteiger partial charge is 0.240 e. The van der Waals surface area contributed by atoms with E-state index in [0.29, 0.717) is 18.5 Å². The summed E-state index contributed by atoms with van der Waals surface area (Å²) in [5.74, 6) is -0.160. The first-order valence-corrected chi connectivity index (χ1v) is 10.5. The van der Waals surface area contributed by atoms with Gasteiger partial charge in [-0.15, -0.1) is 0 Å². The van der Waals surface area contributed by atoms with Gasteiger partial charge in [0, 0.05) is 30.9 Å². The van der Waals surface area contributed by atoms with E-state index in [4.69, 9.17) is 4.74 Å². The molecule has 1 heterocycles. The molecule has 0 unspecified atom stereocenters. The van der Waals surface area contributed by atoms with Gasteiger partial charge in [-0.25, -0.2) is 13.1 Å². The number of carbonyl (C=O) groups is 1. The van der Waals surface area contributed by atoms with Gasteiger partial charge < -0.3 is 9.64 Å². The Kier molecular flexibility index (Phi) is 6.26. The van der Waals surface area contributed by atoms with Crippen LogP contribution in [0.25, 0.3) is 0 Å². The molecule has 1 aliphatic rings. The molecule has 0 bridgehead atoms. The Bertz CT molecular complexity index is 888. The fourth-order valence-electron chi connectivity index (χ4n) is 2.99. The van der Waals surface area contributed by atoms with Crippen LogP contribution in [0.2, 0.25) is 0 Å². The Morgan fingerprint density at radius 2 is 1.81 bits per heavy atom. The molecule has 0 aromatic heterocycles. The lowest BCUT2D eigenvalue weighted by Crippen LogP contribution is -2.36. The molecule has 2 aromatic carbocycles. The van der Waals surface area contributed by atoms with Crippen molar-refractivity contribution in [3.63, 3.8) is 0 Å². The van der Waals surface area contributed by atoms with Crippen molar-refractivity contribution in [1.82, 2.24) is 4.72 Å². The maximum atomic E-state index is 12.4. The van der Waals surface area contributed by atoms with Gasteiger partial charge in [0.2, 0.25) is 10.0 Å². The summed E-state index contributed by atoms with van der Waals surface area (Å²) in [6.45, 7) is 4.98. The molecule has 6 nitrogen and oxygen atoms in total. The number of Topliss-reactive ketones (excluding diaryl/α,β-unsaturated/α-hetero) is 1. The highest BCUT2D eigenvalue weighted by Crippen LogP contribution is 2.17. The maximum Gasteiger partial charge on any atom is 0.240 e. The predicted octanol–water partition coefficient (Wildman–Crippen LogP) is 2.25. The fourth-order valence-corrected chi connectivity index (χ4v) is 4.07. The number of ketones is 1. The summed E-state index contributed by atoms with van der Waals surface area (Å²) in [5.41, 5.74) is 2.60. The molecule has 0 radical (unpaired) electrons. The topological polar surface area (TPSA) is 75.7 Å². The molecule has 1 saturated heterocycles. The molecule has 7 heteroatoms. The van der Waals surface area contributed by atoms with Crippen LogP contribution in [0.3, 0.4) is 0 Å². The zero-order chi connectivity index (χ0) is 19.3. The molecule has 0 aliphatic carbocycles. The first kappa shape index (κ1) is 19.5. The van der Waals surface area contributed by atoms with Gasteiger partial charge in [-0.05, 0) is 43.2 Å². The Morgan fingerprint density at radius 1 is 1.11 bits per heavy atom. The maximum absolute atomic E-state index is 12.4. The molecule has 27 heavy (non-hydrogen) atoms. The summed E-state index contributed by atoms with van der Waals surface area (Å²) in [7, 11) is -3.64. The van der Waals surface area contributed by atoms with E-state index in [1.165, 1.54) is 19.1 Å². The third kappa shape index (κ3) is 5.15. The number of hydrogen-bond acceptors (Lipinski definition) is 5. The van der Waals surface area contributed by atoms with Gasteiger partial charge in [0.25, 0.3) is 0 Å². The highest BCUT2D eigenvalue weighted by atomic mass is 32.2. The summed E-state index contributed by atoms with van der Waals surface area (Å²) in [6, 6.07) is 14.3. The van der Waals surface area contributed by atoms with Crippen molar-refractivity contribution in [2.45, 2.75) is 18.2 Å². The van der Waals surface area contributed by atoms with Crippen molar-refractivity contribution >= 4 is 21.5 Å². The Hall–Kier alpha value is -2.22. The molecule has 1 aliphatic heterocycles. The second kappa shape index (κ2) is 8.65. The molecule has 0 saturated carbocycles. The molecular formula is C20H24N2O4S. The number of nitrogens with zero attached hydrogens (tertiary/aromatic N) is 1. The van der Waals surface area contributed by atoms with E-state index in [1.807, 2.05) is 12.1 Å². The van der Waals surface area contributed by atoms with Crippen molar-refractivity contribution in [2.24, 2.45) is 0 Å². The normalized spacial score (nSPS) is 14.9. The van der Waals surface area contributed by atoms with Gasteiger partial charge in [0.05, 0.1) is 18.1 Å². The standard InChI is InChI=1S/C20H24N2O4S/c1-16(23)18-3-2-4-20(15-18)27(24,25)21-10-9-17-5-7-19(8-6-17)22-11-13-26-14-12-22/h2-8,15,21H,9-14H2,1H3. The van der Waals surface area contributed by atoms with E-state index in [0.717, 1.165) is 37.6 Å². The zero-order valence-electron chi connectivity index (χ0n) is 15.3. The first-order chi connectivity index (χ1) is 13.0. The van der Waals surface area contributed by atoms with Gasteiger partial charge in [0.15, 0.2) is 5.78 Å². The van der Waals surface area contributed by atoms with E-state index in [2.05, 4.69) is 21.8 Å². The zero-order valence-corrected chi connectivity index (χ0v) is 16.2. The van der Waals surface area contributed by atoms with Crippen LogP contribution in [0, 0.1) is 0 Å². The lowest BCUT2D eigenvalue weighted by molar-refractivity contribution is 0.101. The second-order valence-electron chi connectivity index (χ2n) is 6.50. The molecule has 2 aromatic rings. The minimum Gasteiger partial charge on any atom is -0.378 e. The van der Waals surface area contributed by atoms with Gasteiger partial charge in [-0.1, -0.05) is 24.3 Å². The number of nitrogens with one attached hydrogen (secondary N) is 1. The SMILES string of the molecule is CC(=O)c1cccc(S(=O)(=O)NCCc2ccc(N3CCOCC3)cc2)c1. The van der Waals surface area contributed by atoms with Gasteiger partial charge in [0.1, 0.15) is 0 Å². The van der Waals surface area contributed by atoms with Crippen LogP contribution in [0.5, 0.6) is 0 Å². The predicted molar refractivity (Wildman–Crippen MR) is 105 cm³/mol. The van der Waals surface area contributed by atoms with E-state index in [-0.39, 0.29) is 10.7 Å². The number of rotatable bonds is 7. The summed E-state index contributed by atoms with van der Waals surface area (Å²) in [5, 5.41) is 0. The number of ether oxygens (including phenoxy) is 1. The van der Waals surface area contributed by atoms with Crippen LogP contribution in [-0.2, 0) is 21.2 Å². The fraction of sp³-hybridized carbons (Fsp3) is 0.350. The third-order valence-corrected chi connectivity index (χ3v) is 6.03. The van der Waals surface area contributed by atoms with E-state index < -0.39 is 10.0 Å². The van der Waals surface area contributed by atoms with Crippen LogP contribution in [-0.4, -0.2) is 47.0 Å². The van der Waals surface area contributed by atoms with Crippen LogP contribution >= 0.6 is 0 Å². The summed E-state index contributed by atoms with van der Waals surface area (Å²) >= 11 is 0. The molecule has 1 fully saturated rings. The molecule has 3 rings (SSSR count). The van der Waals surface area contributed by atoms with Crippen LogP contribution in [0.15, 0.2) is 53.4 Å². The van der Waals surface area contributed by atoms with Crippen molar-refractivity contribution in [1.29, 1.82) is 0 Å². The van der Waals surface area contributed by atoms with Crippen molar-refractivity contribution in [2.75, 3.05) is 37.7 Å². The number of anilines is 1. The average Bonchev–Trinajstić information content (AvgIpc) is 2.69. The summed E-state index contributed by atoms with van der Waals surface area (Å²) < 4.78 is 32.8. The Balaban J connectivity index is 1.57. The Labute approximate surface area is 160 Å². The van der Waals surface area contributed by atoms with Gasteiger partial charge in [-0.2, -0.15) is 0 Å². The second-order valence-corrected chi connectivity index (χ2v) is 8.26. The molecule has 0 spiro atoms. The number of morpholine rings is 1. The Morgan fingerprint density at radius 3 is 2.48 bits per heavy atom. The van der Waals surface area contributed by atoms with Crippen molar-refractivity contribution < 1.29 is 17.9 Å².